The zero-order valence-electron chi connectivity index (χ0n) is 11.5. The third kappa shape index (κ3) is 2.41. The fourth-order valence-electron chi connectivity index (χ4n) is 2.91. The molecule has 2 atom stereocenters. The highest BCUT2D eigenvalue weighted by Gasteiger charge is 2.43. The molecule has 0 bridgehead atoms. The lowest BCUT2D eigenvalue weighted by atomic mass is 10.1. The van der Waals surface area contributed by atoms with Gasteiger partial charge in [-0.2, -0.15) is 0 Å². The number of carbonyl (C=O) groups excluding carboxylic acids is 2. The van der Waals surface area contributed by atoms with E-state index in [0.29, 0.717) is 19.6 Å². The smallest absolute Gasteiger partial charge is 0.249 e. The van der Waals surface area contributed by atoms with Crippen LogP contribution >= 0.6 is 0 Å². The fourth-order valence-corrected chi connectivity index (χ4v) is 2.91. The number of fused-ring (bicyclic) bond motifs is 1. The van der Waals surface area contributed by atoms with Gasteiger partial charge in [-0.05, 0) is 5.56 Å². The van der Waals surface area contributed by atoms with Gasteiger partial charge in [0, 0.05) is 26.6 Å². The van der Waals surface area contributed by atoms with E-state index in [0.717, 1.165) is 5.56 Å². The van der Waals surface area contributed by atoms with E-state index in [1.807, 2.05) is 35.2 Å². The Labute approximate surface area is 118 Å². The van der Waals surface area contributed by atoms with Gasteiger partial charge in [0.1, 0.15) is 6.61 Å². The Balaban J connectivity index is 1.78. The summed E-state index contributed by atoms with van der Waals surface area (Å²) in [6, 6.07) is 9.88. The van der Waals surface area contributed by atoms with Crippen molar-refractivity contribution in [1.82, 2.24) is 9.80 Å². The van der Waals surface area contributed by atoms with Crippen LogP contribution in [0.25, 0.3) is 0 Å². The van der Waals surface area contributed by atoms with Crippen molar-refractivity contribution in [3.05, 3.63) is 35.9 Å². The number of morpholine rings is 1. The Hall–Kier alpha value is -1.88. The number of hydrogen-bond acceptors (Lipinski definition) is 3. The van der Waals surface area contributed by atoms with E-state index in [4.69, 9.17) is 4.74 Å². The topological polar surface area (TPSA) is 49.9 Å². The minimum Gasteiger partial charge on any atom is -0.364 e. The van der Waals surface area contributed by atoms with Crippen LogP contribution in [-0.2, 0) is 20.9 Å². The number of ether oxygens (including phenoxy) is 1. The van der Waals surface area contributed by atoms with Gasteiger partial charge in [0.25, 0.3) is 0 Å². The molecule has 0 aliphatic carbocycles. The van der Waals surface area contributed by atoms with E-state index in [1.54, 1.807) is 11.8 Å². The molecule has 1 aromatic rings. The molecule has 0 N–H and O–H groups in total. The molecule has 20 heavy (non-hydrogen) atoms. The highest BCUT2D eigenvalue weighted by atomic mass is 16.5. The first-order valence-corrected chi connectivity index (χ1v) is 6.85. The van der Waals surface area contributed by atoms with Crippen LogP contribution in [0.5, 0.6) is 0 Å². The first-order valence-electron chi connectivity index (χ1n) is 6.85. The van der Waals surface area contributed by atoms with Crippen molar-refractivity contribution in [3.8, 4) is 0 Å². The van der Waals surface area contributed by atoms with Crippen molar-refractivity contribution >= 4 is 11.8 Å². The average molecular weight is 274 g/mol. The summed E-state index contributed by atoms with van der Waals surface area (Å²) in [7, 11) is 0. The summed E-state index contributed by atoms with van der Waals surface area (Å²) in [6.07, 6.45) is -0.0553. The Morgan fingerprint density at radius 1 is 1.30 bits per heavy atom. The molecule has 2 aliphatic heterocycles. The SMILES string of the molecule is CC(=O)N1CC2OCC(=O)N(Cc3ccccc3)C2C1. The second-order valence-electron chi connectivity index (χ2n) is 5.35. The maximum atomic E-state index is 12.1. The molecule has 106 valence electrons. The van der Waals surface area contributed by atoms with Crippen LogP contribution in [-0.4, -0.2) is 53.5 Å². The Morgan fingerprint density at radius 3 is 2.75 bits per heavy atom. The van der Waals surface area contributed by atoms with E-state index in [9.17, 15) is 9.59 Å². The summed E-state index contributed by atoms with van der Waals surface area (Å²) < 4.78 is 5.58. The van der Waals surface area contributed by atoms with E-state index >= 15 is 0 Å². The first-order chi connectivity index (χ1) is 9.65. The molecule has 0 spiro atoms. The minimum absolute atomic E-state index is 0.000468. The number of benzene rings is 1. The monoisotopic (exact) mass is 274 g/mol. The number of nitrogens with zero attached hydrogens (tertiary/aromatic N) is 2. The van der Waals surface area contributed by atoms with Crippen LogP contribution in [0.15, 0.2) is 30.3 Å². The van der Waals surface area contributed by atoms with Gasteiger partial charge < -0.3 is 14.5 Å². The predicted octanol–water partition coefficient (Wildman–Crippen LogP) is 0.645. The lowest BCUT2D eigenvalue weighted by Crippen LogP contribution is -2.53. The zero-order chi connectivity index (χ0) is 14.1. The molecule has 0 aromatic heterocycles. The lowest BCUT2D eigenvalue weighted by molar-refractivity contribution is -0.153. The van der Waals surface area contributed by atoms with Crippen molar-refractivity contribution in [2.75, 3.05) is 19.7 Å². The summed E-state index contributed by atoms with van der Waals surface area (Å²) in [6.45, 7) is 3.40. The molecule has 2 unspecified atom stereocenters. The maximum Gasteiger partial charge on any atom is 0.249 e. The maximum absolute atomic E-state index is 12.1. The highest BCUT2D eigenvalue weighted by Crippen LogP contribution is 2.25. The van der Waals surface area contributed by atoms with Gasteiger partial charge in [-0.1, -0.05) is 30.3 Å². The second kappa shape index (κ2) is 5.25. The zero-order valence-corrected chi connectivity index (χ0v) is 11.5. The third-order valence-electron chi connectivity index (χ3n) is 4.02. The summed E-state index contributed by atoms with van der Waals surface area (Å²) >= 11 is 0. The Bertz CT molecular complexity index is 517. The van der Waals surface area contributed by atoms with Crippen molar-refractivity contribution in [2.45, 2.75) is 25.6 Å². The molecule has 1 aromatic carbocycles. The molecule has 0 saturated carbocycles. The highest BCUT2D eigenvalue weighted by molar-refractivity contribution is 5.79. The van der Waals surface area contributed by atoms with Crippen LogP contribution in [0.1, 0.15) is 12.5 Å². The number of amides is 2. The van der Waals surface area contributed by atoms with Crippen LogP contribution in [0.4, 0.5) is 0 Å². The van der Waals surface area contributed by atoms with Crippen molar-refractivity contribution in [2.24, 2.45) is 0 Å². The van der Waals surface area contributed by atoms with Gasteiger partial charge >= 0.3 is 0 Å². The molecule has 2 saturated heterocycles. The summed E-state index contributed by atoms with van der Waals surface area (Å²) in [5.74, 6) is 0.0376. The van der Waals surface area contributed by atoms with Crippen molar-refractivity contribution < 1.29 is 14.3 Å². The van der Waals surface area contributed by atoms with Gasteiger partial charge in [0.15, 0.2) is 0 Å². The molecule has 5 heteroatoms. The third-order valence-corrected chi connectivity index (χ3v) is 4.02. The largest absolute Gasteiger partial charge is 0.364 e. The predicted molar refractivity (Wildman–Crippen MR) is 72.8 cm³/mol. The van der Waals surface area contributed by atoms with Gasteiger partial charge in [0.2, 0.25) is 11.8 Å². The minimum atomic E-state index is -0.0553. The van der Waals surface area contributed by atoms with Gasteiger partial charge in [-0.3, -0.25) is 9.59 Å². The molecule has 0 radical (unpaired) electrons. The number of carbonyl (C=O) groups is 2. The van der Waals surface area contributed by atoms with Gasteiger partial charge in [0.05, 0.1) is 12.1 Å². The van der Waals surface area contributed by atoms with Crippen LogP contribution < -0.4 is 0 Å². The van der Waals surface area contributed by atoms with Gasteiger partial charge in [-0.25, -0.2) is 0 Å². The quantitative estimate of drug-likeness (QED) is 0.795. The van der Waals surface area contributed by atoms with Crippen molar-refractivity contribution in [3.63, 3.8) is 0 Å². The number of rotatable bonds is 2. The standard InChI is InChI=1S/C15H18N2O3/c1-11(18)16-8-13-14(9-16)20-10-15(19)17(13)7-12-5-3-2-4-6-12/h2-6,13-14H,7-10H2,1H3. The van der Waals surface area contributed by atoms with E-state index in [1.165, 1.54) is 0 Å². The molecule has 2 heterocycles. The summed E-state index contributed by atoms with van der Waals surface area (Å²) in [5.41, 5.74) is 1.10. The Kier molecular flexibility index (Phi) is 3.44. The summed E-state index contributed by atoms with van der Waals surface area (Å²) in [5, 5.41) is 0. The number of likely N-dealkylation sites (tertiary alicyclic amines) is 1. The number of hydrogen-bond donors (Lipinski definition) is 0. The second-order valence-corrected chi connectivity index (χ2v) is 5.35. The molecule has 2 amide bonds. The molecule has 5 nitrogen and oxygen atoms in total. The van der Waals surface area contributed by atoms with Crippen LogP contribution in [0, 0.1) is 0 Å². The fraction of sp³-hybridized carbons (Fsp3) is 0.467. The normalized spacial score (nSPS) is 25.8. The molecule has 3 rings (SSSR count). The van der Waals surface area contributed by atoms with Crippen molar-refractivity contribution in [1.29, 1.82) is 0 Å². The molecular weight excluding hydrogens is 256 g/mol. The molecular formula is C15H18N2O3. The first kappa shape index (κ1) is 13.1. The summed E-state index contributed by atoms with van der Waals surface area (Å²) in [4.78, 5) is 27.2. The van der Waals surface area contributed by atoms with E-state index in [-0.39, 0.29) is 30.6 Å². The van der Waals surface area contributed by atoms with Crippen LogP contribution in [0.3, 0.4) is 0 Å². The average Bonchev–Trinajstić information content (AvgIpc) is 2.88. The van der Waals surface area contributed by atoms with Crippen LogP contribution in [0.2, 0.25) is 0 Å². The van der Waals surface area contributed by atoms with E-state index in [2.05, 4.69) is 0 Å². The Morgan fingerprint density at radius 2 is 2.05 bits per heavy atom. The molecule has 2 fully saturated rings. The molecule has 2 aliphatic rings. The lowest BCUT2D eigenvalue weighted by Gasteiger charge is -2.36. The van der Waals surface area contributed by atoms with Gasteiger partial charge in [-0.15, -0.1) is 0 Å². The van der Waals surface area contributed by atoms with E-state index < -0.39 is 0 Å².